The molecule has 0 amide bonds. The van der Waals surface area contributed by atoms with E-state index in [9.17, 15) is 25.2 Å². The largest absolute Gasteiger partial charge is 0.497 e. The molecule has 2 aliphatic heterocycles. The van der Waals surface area contributed by atoms with Gasteiger partial charge in [-0.25, -0.2) is 0 Å². The molecule has 0 radical (unpaired) electrons. The summed E-state index contributed by atoms with van der Waals surface area (Å²) >= 11 is 0. The van der Waals surface area contributed by atoms with E-state index in [-0.39, 0.29) is 18.1 Å². The minimum Gasteiger partial charge on any atom is -0.497 e. The van der Waals surface area contributed by atoms with Crippen molar-refractivity contribution in [2.24, 2.45) is 0 Å². The Balaban J connectivity index is 1.50. The van der Waals surface area contributed by atoms with E-state index in [0.717, 1.165) is 5.56 Å². The number of ether oxygens (including phenoxy) is 4. The molecule has 0 spiro atoms. The molecule has 0 saturated carbocycles. The summed E-state index contributed by atoms with van der Waals surface area (Å²) in [5.41, 5.74) is 1.21. The molecule has 6 atom stereocenters. The number of benzene rings is 2. The van der Waals surface area contributed by atoms with E-state index in [1.165, 1.54) is 12.1 Å². The van der Waals surface area contributed by atoms with Crippen molar-refractivity contribution in [3.63, 3.8) is 0 Å². The number of methoxy groups -OCH3 is 1. The van der Waals surface area contributed by atoms with Crippen LogP contribution < -0.4 is 14.2 Å². The molecule has 4 N–H and O–H groups in total. The number of hydrogen-bond acceptors (Lipinski definition) is 9. The summed E-state index contributed by atoms with van der Waals surface area (Å²) in [5.74, 6) is 0.723. The zero-order valence-corrected chi connectivity index (χ0v) is 16.7. The van der Waals surface area contributed by atoms with Gasteiger partial charge in [-0.15, -0.1) is 0 Å². The van der Waals surface area contributed by atoms with Gasteiger partial charge in [0.2, 0.25) is 6.29 Å². The number of hydrogen-bond donors (Lipinski definition) is 4. The molecule has 2 aliphatic rings. The van der Waals surface area contributed by atoms with E-state index >= 15 is 0 Å². The Morgan fingerprint density at radius 3 is 2.39 bits per heavy atom. The molecule has 2 heterocycles. The normalized spacial score (nSPS) is 30.3. The molecule has 9 nitrogen and oxygen atoms in total. The van der Waals surface area contributed by atoms with Gasteiger partial charge in [-0.3, -0.25) is 4.79 Å². The van der Waals surface area contributed by atoms with E-state index < -0.39 is 43.2 Å². The third-order valence-corrected chi connectivity index (χ3v) is 5.56. The third-order valence-electron chi connectivity index (χ3n) is 5.56. The maximum Gasteiger partial charge on any atom is 0.229 e. The van der Waals surface area contributed by atoms with Gasteiger partial charge in [0.15, 0.2) is 5.78 Å². The zero-order chi connectivity index (χ0) is 22.1. The number of aliphatic hydroxyl groups excluding tert-OH is 4. The SMILES string of the molecule is COc1ccc(C2COc3cc(O[C@@H]4OC(CO)[C@@H](O)[C@H](O)C4O)ccc3C2=O)cc1. The predicted octanol–water partition coefficient (Wildman–Crippen LogP) is 0.233. The summed E-state index contributed by atoms with van der Waals surface area (Å²) < 4.78 is 21.9. The van der Waals surface area contributed by atoms with Crippen molar-refractivity contribution in [2.45, 2.75) is 36.6 Å². The summed E-state index contributed by atoms with van der Waals surface area (Å²) in [6.07, 6.45) is -6.95. The highest BCUT2D eigenvalue weighted by Crippen LogP contribution is 2.36. The lowest BCUT2D eigenvalue weighted by Crippen LogP contribution is -2.60. The quantitative estimate of drug-likeness (QED) is 0.524. The molecule has 0 aliphatic carbocycles. The van der Waals surface area contributed by atoms with E-state index in [1.54, 1.807) is 25.3 Å². The smallest absolute Gasteiger partial charge is 0.229 e. The van der Waals surface area contributed by atoms with Crippen LogP contribution in [0.5, 0.6) is 17.2 Å². The summed E-state index contributed by atoms with van der Waals surface area (Å²) in [5, 5.41) is 39.2. The molecule has 0 aromatic heterocycles. The van der Waals surface area contributed by atoms with Crippen LogP contribution in [0.3, 0.4) is 0 Å². The van der Waals surface area contributed by atoms with Crippen LogP contribution in [0.2, 0.25) is 0 Å². The molecule has 2 aromatic rings. The van der Waals surface area contributed by atoms with Gasteiger partial charge in [-0.2, -0.15) is 0 Å². The van der Waals surface area contributed by atoms with Crippen molar-refractivity contribution < 1.29 is 44.2 Å². The Morgan fingerprint density at radius 1 is 1.00 bits per heavy atom. The topological polar surface area (TPSA) is 135 Å². The van der Waals surface area contributed by atoms with Gasteiger partial charge in [-0.1, -0.05) is 12.1 Å². The highest BCUT2D eigenvalue weighted by atomic mass is 16.7. The van der Waals surface area contributed by atoms with Gasteiger partial charge in [0.25, 0.3) is 0 Å². The Hall–Kier alpha value is -2.69. The van der Waals surface area contributed by atoms with Crippen LogP contribution >= 0.6 is 0 Å². The van der Waals surface area contributed by atoms with Gasteiger partial charge >= 0.3 is 0 Å². The van der Waals surface area contributed by atoms with Crippen LogP contribution in [-0.2, 0) is 4.74 Å². The Morgan fingerprint density at radius 2 is 1.71 bits per heavy atom. The Kier molecular flexibility index (Phi) is 6.12. The van der Waals surface area contributed by atoms with Gasteiger partial charge < -0.3 is 39.4 Å². The zero-order valence-electron chi connectivity index (χ0n) is 16.7. The number of rotatable bonds is 5. The summed E-state index contributed by atoms with van der Waals surface area (Å²) in [6.45, 7) is -0.402. The minimum absolute atomic E-state index is 0.0918. The molecule has 3 unspecified atom stereocenters. The fourth-order valence-corrected chi connectivity index (χ4v) is 3.72. The number of fused-ring (bicyclic) bond motifs is 1. The van der Waals surface area contributed by atoms with Crippen molar-refractivity contribution in [3.8, 4) is 17.2 Å². The summed E-state index contributed by atoms with van der Waals surface area (Å²) in [7, 11) is 1.57. The second kappa shape index (κ2) is 8.81. The lowest BCUT2D eigenvalue weighted by molar-refractivity contribution is -0.277. The molecular formula is C22H24O9. The molecular weight excluding hydrogens is 408 g/mol. The first-order valence-electron chi connectivity index (χ1n) is 9.85. The van der Waals surface area contributed by atoms with E-state index in [4.69, 9.17) is 18.9 Å². The van der Waals surface area contributed by atoms with Crippen molar-refractivity contribution >= 4 is 5.78 Å². The highest BCUT2D eigenvalue weighted by Gasteiger charge is 2.44. The van der Waals surface area contributed by atoms with Gasteiger partial charge in [0.1, 0.15) is 48.3 Å². The van der Waals surface area contributed by atoms with Crippen LogP contribution in [0.4, 0.5) is 0 Å². The third kappa shape index (κ3) is 4.10. The average Bonchev–Trinajstić information content (AvgIpc) is 2.80. The summed E-state index contributed by atoms with van der Waals surface area (Å²) in [6, 6.07) is 11.8. The molecule has 2 aromatic carbocycles. The average molecular weight is 432 g/mol. The van der Waals surface area contributed by atoms with Gasteiger partial charge in [0.05, 0.1) is 25.2 Å². The standard InChI is InChI=1S/C22H24O9/c1-28-12-4-2-11(3-5-12)15-10-29-16-8-13(6-7-14(16)18(15)24)30-22-21(27)20(26)19(25)17(9-23)31-22/h2-8,15,17,19-23,25-27H,9-10H2,1H3/t15?,17?,19-,20+,21?,22-/m1/s1. The Bertz CT molecular complexity index is 927. The molecule has 1 fully saturated rings. The highest BCUT2D eigenvalue weighted by molar-refractivity contribution is 6.04. The number of carbonyl (C=O) groups is 1. The lowest BCUT2D eigenvalue weighted by Gasteiger charge is -2.39. The van der Waals surface area contributed by atoms with Crippen molar-refractivity contribution in [1.29, 1.82) is 0 Å². The van der Waals surface area contributed by atoms with Crippen molar-refractivity contribution in [3.05, 3.63) is 53.6 Å². The second-order valence-electron chi connectivity index (χ2n) is 7.47. The first kappa shape index (κ1) is 21.5. The van der Waals surface area contributed by atoms with Crippen LogP contribution in [-0.4, -0.2) is 77.2 Å². The number of ketones is 1. The van der Waals surface area contributed by atoms with E-state index in [1.807, 2.05) is 12.1 Å². The number of aliphatic hydroxyl groups is 4. The second-order valence-corrected chi connectivity index (χ2v) is 7.47. The van der Waals surface area contributed by atoms with E-state index in [2.05, 4.69) is 0 Å². The number of carbonyl (C=O) groups excluding carboxylic acids is 1. The van der Waals surface area contributed by atoms with Crippen LogP contribution in [0.25, 0.3) is 0 Å². The molecule has 4 rings (SSSR count). The maximum atomic E-state index is 13.0. The van der Waals surface area contributed by atoms with Gasteiger partial charge in [0, 0.05) is 6.07 Å². The fourth-order valence-electron chi connectivity index (χ4n) is 3.72. The van der Waals surface area contributed by atoms with Crippen molar-refractivity contribution in [1.82, 2.24) is 0 Å². The van der Waals surface area contributed by atoms with Gasteiger partial charge in [-0.05, 0) is 29.8 Å². The maximum absolute atomic E-state index is 13.0. The summed E-state index contributed by atoms with van der Waals surface area (Å²) in [4.78, 5) is 13.0. The minimum atomic E-state index is -1.54. The monoisotopic (exact) mass is 432 g/mol. The molecule has 9 heteroatoms. The predicted molar refractivity (Wildman–Crippen MR) is 106 cm³/mol. The fraction of sp³-hybridized carbons (Fsp3) is 0.409. The van der Waals surface area contributed by atoms with Crippen LogP contribution in [0.15, 0.2) is 42.5 Å². The molecule has 166 valence electrons. The lowest BCUT2D eigenvalue weighted by atomic mass is 9.89. The first-order valence-corrected chi connectivity index (χ1v) is 9.85. The molecule has 31 heavy (non-hydrogen) atoms. The molecule has 0 bridgehead atoms. The van der Waals surface area contributed by atoms with Crippen LogP contribution in [0, 0.1) is 0 Å². The molecule has 1 saturated heterocycles. The Labute approximate surface area is 178 Å². The number of Topliss-reactive ketones (excluding diaryl/α,β-unsaturated/α-hetero) is 1. The van der Waals surface area contributed by atoms with E-state index in [0.29, 0.717) is 17.1 Å². The van der Waals surface area contributed by atoms with Crippen LogP contribution in [0.1, 0.15) is 21.8 Å². The first-order chi connectivity index (χ1) is 14.9. The van der Waals surface area contributed by atoms with Crippen molar-refractivity contribution in [2.75, 3.05) is 20.3 Å².